The number of H-pyrrole nitrogens is 1. The Morgan fingerprint density at radius 2 is 1.83 bits per heavy atom. The number of likely N-dealkylation sites (tertiary alicyclic amines) is 1. The van der Waals surface area contributed by atoms with E-state index in [9.17, 15) is 23.1 Å². The van der Waals surface area contributed by atoms with Gasteiger partial charge in [-0.05, 0) is 49.6 Å². The van der Waals surface area contributed by atoms with Crippen LogP contribution in [0.4, 0.5) is 18.0 Å². The highest BCUT2D eigenvalue weighted by atomic mass is 35.5. The number of piperidine rings is 1. The first-order valence-corrected chi connectivity index (χ1v) is 12.2. The van der Waals surface area contributed by atoms with Gasteiger partial charge in [-0.1, -0.05) is 40.9 Å². The molecule has 0 atom stereocenters. The molecular weight excluding hydrogens is 544 g/mol. The maximum atomic E-state index is 13.3. The number of nitrogens with one attached hydrogen (secondary N) is 1. The molecule has 6 nitrogen and oxygen atoms in total. The van der Waals surface area contributed by atoms with Crippen molar-refractivity contribution in [3.05, 3.63) is 62.1 Å². The maximum absolute atomic E-state index is 13.3. The Kier molecular flexibility index (Phi) is 7.69. The van der Waals surface area contributed by atoms with Crippen molar-refractivity contribution in [3.8, 4) is 5.88 Å². The molecule has 0 aliphatic carbocycles. The standard InChI is InChI=1S/C24H22Cl3F3N2O4/c1-2-35-22(33)36-21-15(20-18(27)10-14(25)11-19(20)31-21)12-32-7-5-23(34,6-8-32)13-3-4-17(26)16(9-13)24(28,29)30/h3-4,9-11,31,34H,2,5-8,12H2,1H3. The number of aliphatic hydroxyl groups is 1. The zero-order chi connectivity index (χ0) is 26.3. The number of rotatable bonds is 5. The SMILES string of the molecule is CCOC(=O)Oc1[nH]c2cc(Cl)cc(Cl)c2c1CN1CCC(O)(c2ccc(Cl)c(C(F)(F)F)c2)CC1. The van der Waals surface area contributed by atoms with E-state index < -0.39 is 28.5 Å². The quantitative estimate of drug-likeness (QED) is 0.321. The summed E-state index contributed by atoms with van der Waals surface area (Å²) in [4.78, 5) is 17.0. The highest BCUT2D eigenvalue weighted by Gasteiger charge is 2.39. The second-order valence-electron chi connectivity index (χ2n) is 8.53. The molecule has 2 aromatic carbocycles. The van der Waals surface area contributed by atoms with Gasteiger partial charge in [-0.15, -0.1) is 0 Å². The molecule has 1 aliphatic rings. The van der Waals surface area contributed by atoms with E-state index in [0.29, 0.717) is 46.1 Å². The molecule has 0 spiro atoms. The van der Waals surface area contributed by atoms with Crippen molar-refractivity contribution in [2.75, 3.05) is 19.7 Å². The average molecular weight is 566 g/mol. The number of hydrogen-bond donors (Lipinski definition) is 2. The van der Waals surface area contributed by atoms with Crippen molar-refractivity contribution < 1.29 is 32.5 Å². The van der Waals surface area contributed by atoms with Crippen LogP contribution in [0.5, 0.6) is 5.88 Å². The van der Waals surface area contributed by atoms with E-state index in [2.05, 4.69) is 4.98 Å². The van der Waals surface area contributed by atoms with Crippen molar-refractivity contribution in [1.82, 2.24) is 9.88 Å². The molecule has 194 valence electrons. The summed E-state index contributed by atoms with van der Waals surface area (Å²) in [6, 6.07) is 6.71. The summed E-state index contributed by atoms with van der Waals surface area (Å²) in [5.41, 5.74) is -1.11. The summed E-state index contributed by atoms with van der Waals surface area (Å²) in [6.45, 7) is 2.79. The number of carbonyl (C=O) groups excluding carboxylic acids is 1. The van der Waals surface area contributed by atoms with Gasteiger partial charge in [-0.25, -0.2) is 4.79 Å². The molecule has 3 aromatic rings. The van der Waals surface area contributed by atoms with E-state index in [1.54, 1.807) is 19.1 Å². The summed E-state index contributed by atoms with van der Waals surface area (Å²) >= 11 is 18.3. The van der Waals surface area contributed by atoms with E-state index in [4.69, 9.17) is 44.3 Å². The lowest BCUT2D eigenvalue weighted by molar-refractivity contribution is -0.137. The minimum atomic E-state index is -4.63. The van der Waals surface area contributed by atoms with Crippen molar-refractivity contribution in [3.63, 3.8) is 0 Å². The van der Waals surface area contributed by atoms with Gasteiger partial charge in [-0.2, -0.15) is 13.2 Å². The third-order valence-electron chi connectivity index (χ3n) is 6.20. The lowest BCUT2D eigenvalue weighted by Crippen LogP contribution is -2.42. The van der Waals surface area contributed by atoms with Gasteiger partial charge < -0.3 is 19.6 Å². The first-order valence-electron chi connectivity index (χ1n) is 11.1. The zero-order valence-corrected chi connectivity index (χ0v) is 21.3. The molecule has 0 amide bonds. The number of hydrogen-bond acceptors (Lipinski definition) is 5. The molecule has 1 aliphatic heterocycles. The minimum Gasteiger partial charge on any atom is -0.434 e. The van der Waals surface area contributed by atoms with Gasteiger partial charge >= 0.3 is 12.3 Å². The van der Waals surface area contributed by atoms with E-state index >= 15 is 0 Å². The van der Waals surface area contributed by atoms with Crippen LogP contribution in [0.15, 0.2) is 30.3 Å². The van der Waals surface area contributed by atoms with Crippen LogP contribution >= 0.6 is 34.8 Å². The Bertz CT molecular complexity index is 1290. The largest absolute Gasteiger partial charge is 0.515 e. The Hall–Kier alpha value is -2.17. The van der Waals surface area contributed by atoms with Gasteiger partial charge in [0, 0.05) is 35.6 Å². The molecule has 2 heterocycles. The van der Waals surface area contributed by atoms with Crippen molar-refractivity contribution in [2.24, 2.45) is 0 Å². The van der Waals surface area contributed by atoms with Crippen molar-refractivity contribution in [1.29, 1.82) is 0 Å². The highest BCUT2D eigenvalue weighted by Crippen LogP contribution is 2.41. The number of aromatic amines is 1. The van der Waals surface area contributed by atoms with Gasteiger partial charge in [0.25, 0.3) is 0 Å². The van der Waals surface area contributed by atoms with E-state index in [1.165, 1.54) is 6.07 Å². The molecule has 1 fully saturated rings. The number of carbonyl (C=O) groups is 1. The highest BCUT2D eigenvalue weighted by molar-refractivity contribution is 6.39. The van der Waals surface area contributed by atoms with Gasteiger partial charge in [0.05, 0.1) is 33.3 Å². The number of alkyl halides is 3. The summed E-state index contributed by atoms with van der Waals surface area (Å²) in [5.74, 6) is 0.154. The van der Waals surface area contributed by atoms with E-state index in [1.807, 2.05) is 4.90 Å². The lowest BCUT2D eigenvalue weighted by atomic mass is 9.83. The molecule has 4 rings (SSSR count). The molecule has 0 bridgehead atoms. The first-order chi connectivity index (χ1) is 16.9. The second-order valence-corrected chi connectivity index (χ2v) is 9.78. The molecule has 12 heteroatoms. The Labute approximate surface area is 219 Å². The predicted octanol–water partition coefficient (Wildman–Crippen LogP) is 7.17. The maximum Gasteiger partial charge on any atom is 0.515 e. The topological polar surface area (TPSA) is 74.8 Å². The Morgan fingerprint density at radius 1 is 1.14 bits per heavy atom. The number of nitrogens with zero attached hydrogens (tertiary/aromatic N) is 1. The van der Waals surface area contributed by atoms with Crippen LogP contribution in [0.3, 0.4) is 0 Å². The van der Waals surface area contributed by atoms with Crippen molar-refractivity contribution >= 4 is 51.9 Å². The van der Waals surface area contributed by atoms with Crippen LogP contribution in [0.25, 0.3) is 10.9 Å². The smallest absolute Gasteiger partial charge is 0.434 e. The number of aromatic nitrogens is 1. The molecule has 2 N–H and O–H groups in total. The predicted molar refractivity (Wildman–Crippen MR) is 131 cm³/mol. The monoisotopic (exact) mass is 564 g/mol. The fraction of sp³-hybridized carbons (Fsp3) is 0.375. The third-order valence-corrected chi connectivity index (χ3v) is 7.05. The molecule has 1 saturated heterocycles. The van der Waals surface area contributed by atoms with Gasteiger partial charge in [0.1, 0.15) is 0 Å². The normalized spacial score (nSPS) is 16.3. The summed E-state index contributed by atoms with van der Waals surface area (Å²) < 4.78 is 50.2. The van der Waals surface area contributed by atoms with Gasteiger partial charge in [0.15, 0.2) is 0 Å². The number of fused-ring (bicyclic) bond motifs is 1. The Morgan fingerprint density at radius 3 is 2.47 bits per heavy atom. The second kappa shape index (κ2) is 10.3. The summed E-state index contributed by atoms with van der Waals surface area (Å²) in [7, 11) is 0. The van der Waals surface area contributed by atoms with Crippen molar-refractivity contribution in [2.45, 2.75) is 38.1 Å². The third kappa shape index (κ3) is 5.55. The summed E-state index contributed by atoms with van der Waals surface area (Å²) in [6.07, 6.45) is -5.15. The van der Waals surface area contributed by atoms with E-state index in [0.717, 1.165) is 12.1 Å². The number of benzene rings is 2. The van der Waals surface area contributed by atoms with Gasteiger partial charge in [0.2, 0.25) is 5.88 Å². The number of halogens is 6. The minimum absolute atomic E-state index is 0.131. The summed E-state index contributed by atoms with van der Waals surface area (Å²) in [5, 5.41) is 12.1. The molecular formula is C24H22Cl3F3N2O4. The van der Waals surface area contributed by atoms with Crippen LogP contribution in [-0.4, -0.2) is 40.8 Å². The molecule has 0 radical (unpaired) electrons. The fourth-order valence-corrected chi connectivity index (χ4v) is 5.22. The van der Waals surface area contributed by atoms with E-state index in [-0.39, 0.29) is 30.9 Å². The fourth-order valence-electron chi connectivity index (χ4n) is 4.38. The van der Waals surface area contributed by atoms with Crippen LogP contribution in [-0.2, 0) is 23.1 Å². The van der Waals surface area contributed by atoms with Crippen LogP contribution in [0.2, 0.25) is 15.1 Å². The van der Waals surface area contributed by atoms with Gasteiger partial charge in [-0.3, -0.25) is 4.90 Å². The van der Waals surface area contributed by atoms with Crippen LogP contribution in [0.1, 0.15) is 36.5 Å². The number of ether oxygens (including phenoxy) is 2. The lowest BCUT2D eigenvalue weighted by Gasteiger charge is -2.38. The van der Waals surface area contributed by atoms with Crippen LogP contribution < -0.4 is 4.74 Å². The average Bonchev–Trinajstić information content (AvgIpc) is 3.11. The molecule has 0 saturated carbocycles. The first kappa shape index (κ1) is 26.9. The zero-order valence-electron chi connectivity index (χ0n) is 19.0. The Balaban J connectivity index is 1.57. The molecule has 0 unspecified atom stereocenters. The molecule has 36 heavy (non-hydrogen) atoms. The van der Waals surface area contributed by atoms with Crippen LogP contribution in [0, 0.1) is 0 Å². The molecule has 1 aromatic heterocycles.